The topological polar surface area (TPSA) is 55.4 Å². The first kappa shape index (κ1) is 18.8. The van der Waals surface area contributed by atoms with Crippen LogP contribution in [0.2, 0.25) is 5.02 Å². The van der Waals surface area contributed by atoms with E-state index < -0.39 is 11.5 Å². The van der Waals surface area contributed by atoms with Gasteiger partial charge < -0.3 is 10.1 Å². The third kappa shape index (κ3) is 5.89. The highest BCUT2D eigenvalue weighted by molar-refractivity contribution is 7.99. The van der Waals surface area contributed by atoms with Crippen molar-refractivity contribution in [3.63, 3.8) is 0 Å². The number of esters is 1. The molecule has 0 saturated heterocycles. The number of thioether (sulfide) groups is 1. The standard InChI is InChI=1S/C16H22ClNO3S/c1-4-8-16(2,15(20)21-3)18-14(19)11-22-10-12-6-5-7-13(17)9-12/h5-7,9H,4,8,10-11H2,1-3H3,(H,18,19). The van der Waals surface area contributed by atoms with Crippen molar-refractivity contribution in [2.24, 2.45) is 0 Å². The van der Waals surface area contributed by atoms with Crippen LogP contribution in [0.15, 0.2) is 24.3 Å². The van der Waals surface area contributed by atoms with Gasteiger partial charge in [-0.3, -0.25) is 4.79 Å². The van der Waals surface area contributed by atoms with E-state index in [0.29, 0.717) is 17.2 Å². The lowest BCUT2D eigenvalue weighted by molar-refractivity contribution is -0.150. The smallest absolute Gasteiger partial charge is 0.331 e. The number of benzene rings is 1. The van der Waals surface area contributed by atoms with Gasteiger partial charge in [-0.2, -0.15) is 0 Å². The van der Waals surface area contributed by atoms with Crippen molar-refractivity contribution in [1.82, 2.24) is 5.32 Å². The summed E-state index contributed by atoms with van der Waals surface area (Å²) in [6, 6.07) is 7.54. The van der Waals surface area contributed by atoms with Gasteiger partial charge in [0.15, 0.2) is 0 Å². The monoisotopic (exact) mass is 343 g/mol. The molecule has 1 aromatic carbocycles. The fourth-order valence-electron chi connectivity index (χ4n) is 2.17. The number of nitrogens with one attached hydrogen (secondary N) is 1. The van der Waals surface area contributed by atoms with Crippen LogP contribution in [0, 0.1) is 0 Å². The third-order valence-electron chi connectivity index (χ3n) is 3.19. The van der Waals surface area contributed by atoms with Gasteiger partial charge >= 0.3 is 5.97 Å². The van der Waals surface area contributed by atoms with E-state index in [9.17, 15) is 9.59 Å². The predicted molar refractivity (Wildman–Crippen MR) is 91.1 cm³/mol. The van der Waals surface area contributed by atoms with Crippen molar-refractivity contribution in [1.29, 1.82) is 0 Å². The Hall–Kier alpha value is -1.20. The van der Waals surface area contributed by atoms with Gasteiger partial charge in [0.1, 0.15) is 5.54 Å². The van der Waals surface area contributed by atoms with Gasteiger partial charge in [0.25, 0.3) is 0 Å². The number of carbonyl (C=O) groups is 2. The lowest BCUT2D eigenvalue weighted by atomic mass is 9.96. The highest BCUT2D eigenvalue weighted by Gasteiger charge is 2.34. The van der Waals surface area contributed by atoms with Crippen LogP contribution in [-0.2, 0) is 20.1 Å². The Balaban J connectivity index is 2.49. The number of halogens is 1. The minimum Gasteiger partial charge on any atom is -0.467 e. The molecule has 0 aliphatic carbocycles. The van der Waals surface area contributed by atoms with E-state index in [4.69, 9.17) is 16.3 Å². The summed E-state index contributed by atoms with van der Waals surface area (Å²) in [6.45, 7) is 3.66. The van der Waals surface area contributed by atoms with Crippen LogP contribution in [0.4, 0.5) is 0 Å². The highest BCUT2D eigenvalue weighted by Crippen LogP contribution is 2.18. The summed E-state index contributed by atoms with van der Waals surface area (Å²) in [5.41, 5.74) is 0.103. The molecular weight excluding hydrogens is 322 g/mol. The summed E-state index contributed by atoms with van der Waals surface area (Å²) in [6.07, 6.45) is 1.33. The van der Waals surface area contributed by atoms with Gasteiger partial charge in [-0.25, -0.2) is 4.79 Å². The normalized spacial score (nSPS) is 13.3. The molecule has 0 aromatic heterocycles. The predicted octanol–water partition coefficient (Wildman–Crippen LogP) is 3.42. The molecule has 0 aliphatic heterocycles. The third-order valence-corrected chi connectivity index (χ3v) is 4.43. The van der Waals surface area contributed by atoms with Crippen LogP contribution in [0.5, 0.6) is 0 Å². The molecule has 1 N–H and O–H groups in total. The van der Waals surface area contributed by atoms with Gasteiger partial charge in [0.2, 0.25) is 5.91 Å². The fraction of sp³-hybridized carbons (Fsp3) is 0.500. The van der Waals surface area contributed by atoms with Crippen molar-refractivity contribution in [2.75, 3.05) is 12.9 Å². The Morgan fingerprint density at radius 3 is 2.73 bits per heavy atom. The van der Waals surface area contributed by atoms with E-state index in [-0.39, 0.29) is 11.7 Å². The van der Waals surface area contributed by atoms with Crippen LogP contribution < -0.4 is 5.32 Å². The average molecular weight is 344 g/mol. The summed E-state index contributed by atoms with van der Waals surface area (Å²) in [7, 11) is 1.33. The zero-order valence-corrected chi connectivity index (χ0v) is 14.7. The number of rotatable bonds is 8. The maximum atomic E-state index is 12.0. The molecular formula is C16H22ClNO3S. The van der Waals surface area contributed by atoms with Crippen LogP contribution >= 0.6 is 23.4 Å². The van der Waals surface area contributed by atoms with Gasteiger partial charge in [-0.15, -0.1) is 11.8 Å². The molecule has 1 amide bonds. The molecule has 122 valence electrons. The van der Waals surface area contributed by atoms with E-state index in [1.807, 2.05) is 31.2 Å². The average Bonchev–Trinajstić information content (AvgIpc) is 2.46. The number of ether oxygens (including phenoxy) is 1. The Labute approximate surface area is 140 Å². The van der Waals surface area contributed by atoms with E-state index in [1.54, 1.807) is 6.92 Å². The Morgan fingerprint density at radius 1 is 1.41 bits per heavy atom. The molecule has 1 unspecified atom stereocenters. The number of hydrogen-bond donors (Lipinski definition) is 1. The second-order valence-corrected chi connectivity index (χ2v) is 6.67. The molecule has 22 heavy (non-hydrogen) atoms. The zero-order chi connectivity index (χ0) is 16.6. The molecule has 0 fully saturated rings. The molecule has 1 atom stereocenters. The second-order valence-electron chi connectivity index (χ2n) is 5.24. The second kappa shape index (κ2) is 9.06. The van der Waals surface area contributed by atoms with Gasteiger partial charge in [-0.1, -0.05) is 37.1 Å². The maximum Gasteiger partial charge on any atom is 0.331 e. The minimum atomic E-state index is -0.961. The van der Waals surface area contributed by atoms with Crippen molar-refractivity contribution in [3.8, 4) is 0 Å². The van der Waals surface area contributed by atoms with Crippen molar-refractivity contribution < 1.29 is 14.3 Å². The van der Waals surface area contributed by atoms with E-state index in [1.165, 1.54) is 18.9 Å². The lowest BCUT2D eigenvalue weighted by Gasteiger charge is -2.27. The lowest BCUT2D eigenvalue weighted by Crippen LogP contribution is -2.53. The van der Waals surface area contributed by atoms with E-state index in [2.05, 4.69) is 5.32 Å². The molecule has 6 heteroatoms. The van der Waals surface area contributed by atoms with Gasteiger partial charge in [0.05, 0.1) is 12.9 Å². The van der Waals surface area contributed by atoms with Gasteiger partial charge in [-0.05, 0) is 31.0 Å². The summed E-state index contributed by atoms with van der Waals surface area (Å²) < 4.78 is 4.78. The molecule has 0 bridgehead atoms. The fourth-order valence-corrected chi connectivity index (χ4v) is 3.16. The summed E-state index contributed by atoms with van der Waals surface area (Å²) in [5.74, 6) is 0.385. The Bertz CT molecular complexity index is 524. The first-order valence-corrected chi connectivity index (χ1v) is 8.66. The Kier molecular flexibility index (Phi) is 7.76. The van der Waals surface area contributed by atoms with Crippen molar-refractivity contribution in [3.05, 3.63) is 34.9 Å². The Morgan fingerprint density at radius 2 is 2.14 bits per heavy atom. The minimum absolute atomic E-state index is 0.173. The van der Waals surface area contributed by atoms with E-state index >= 15 is 0 Å². The van der Waals surface area contributed by atoms with Crippen molar-refractivity contribution >= 4 is 35.2 Å². The van der Waals surface area contributed by atoms with E-state index in [0.717, 1.165) is 12.0 Å². The largest absolute Gasteiger partial charge is 0.467 e. The molecule has 1 aromatic rings. The highest BCUT2D eigenvalue weighted by atomic mass is 35.5. The molecule has 0 heterocycles. The van der Waals surface area contributed by atoms with Gasteiger partial charge in [0, 0.05) is 10.8 Å². The van der Waals surface area contributed by atoms with Crippen LogP contribution in [0.1, 0.15) is 32.3 Å². The molecule has 1 rings (SSSR count). The molecule has 4 nitrogen and oxygen atoms in total. The maximum absolute atomic E-state index is 12.0. The van der Waals surface area contributed by atoms with Crippen LogP contribution in [-0.4, -0.2) is 30.3 Å². The van der Waals surface area contributed by atoms with Crippen molar-refractivity contribution in [2.45, 2.75) is 38.0 Å². The summed E-state index contributed by atoms with van der Waals surface area (Å²) in [5, 5.41) is 3.47. The molecule has 0 spiro atoms. The molecule has 0 saturated carbocycles. The summed E-state index contributed by atoms with van der Waals surface area (Å²) >= 11 is 7.40. The number of methoxy groups -OCH3 is 1. The quantitative estimate of drug-likeness (QED) is 0.735. The number of amides is 1. The zero-order valence-electron chi connectivity index (χ0n) is 13.1. The first-order chi connectivity index (χ1) is 10.4. The first-order valence-electron chi connectivity index (χ1n) is 7.13. The van der Waals surface area contributed by atoms with Crippen LogP contribution in [0.3, 0.4) is 0 Å². The summed E-state index contributed by atoms with van der Waals surface area (Å²) in [4.78, 5) is 23.9. The number of carbonyl (C=O) groups excluding carboxylic acids is 2. The van der Waals surface area contributed by atoms with Crippen LogP contribution in [0.25, 0.3) is 0 Å². The SMILES string of the molecule is CCCC(C)(NC(=O)CSCc1cccc(Cl)c1)C(=O)OC. The molecule has 0 radical (unpaired) electrons. The molecule has 0 aliphatic rings. The number of hydrogen-bond acceptors (Lipinski definition) is 4.